The second-order valence-corrected chi connectivity index (χ2v) is 5.70. The fourth-order valence-electron chi connectivity index (χ4n) is 1.81. The average Bonchev–Trinajstić information content (AvgIpc) is 3.23. The first kappa shape index (κ1) is 13.3. The van der Waals surface area contributed by atoms with Crippen molar-refractivity contribution in [1.29, 1.82) is 0 Å². The molecule has 3 rings (SSSR count). The molecule has 0 atom stereocenters. The van der Waals surface area contributed by atoms with Crippen molar-refractivity contribution in [3.8, 4) is 11.6 Å². The topological polar surface area (TPSA) is 61.0 Å². The lowest BCUT2D eigenvalue weighted by molar-refractivity contribution is 0.453. The molecule has 20 heavy (non-hydrogen) atoms. The molecule has 2 N–H and O–H groups in total. The van der Waals surface area contributed by atoms with E-state index in [0.29, 0.717) is 33.4 Å². The Balaban J connectivity index is 1.94. The molecule has 1 aliphatic carbocycles. The Morgan fingerprint density at radius 1 is 1.35 bits per heavy atom. The minimum absolute atomic E-state index is 0.338. The average molecular weight is 338 g/mol. The molecule has 0 amide bonds. The van der Waals surface area contributed by atoms with E-state index in [1.165, 1.54) is 6.07 Å². The Bertz CT molecular complexity index is 674. The van der Waals surface area contributed by atoms with Crippen LogP contribution in [0.5, 0.6) is 11.6 Å². The van der Waals surface area contributed by atoms with Crippen LogP contribution in [0.1, 0.15) is 30.1 Å². The molecule has 1 aromatic carbocycles. The summed E-state index contributed by atoms with van der Waals surface area (Å²) >= 11 is 3.13. The number of nitrogen functional groups attached to an aromatic ring is 1. The van der Waals surface area contributed by atoms with Crippen LogP contribution in [0, 0.1) is 12.7 Å². The maximum Gasteiger partial charge on any atom is 0.227 e. The van der Waals surface area contributed by atoms with Crippen LogP contribution in [0.4, 0.5) is 10.2 Å². The number of ether oxygens (including phenoxy) is 1. The fourth-order valence-corrected chi connectivity index (χ4v) is 2.16. The zero-order chi connectivity index (χ0) is 14.3. The summed E-state index contributed by atoms with van der Waals surface area (Å²) in [5.41, 5.74) is 6.58. The molecule has 6 heteroatoms. The highest BCUT2D eigenvalue weighted by Crippen LogP contribution is 2.40. The van der Waals surface area contributed by atoms with Crippen LogP contribution in [-0.2, 0) is 0 Å². The first-order valence-corrected chi connectivity index (χ1v) is 7.11. The van der Waals surface area contributed by atoms with Crippen molar-refractivity contribution in [3.05, 3.63) is 39.9 Å². The van der Waals surface area contributed by atoms with Gasteiger partial charge in [-0.3, -0.25) is 0 Å². The number of nitrogens with two attached hydrogens (primary N) is 1. The Labute approximate surface area is 124 Å². The van der Waals surface area contributed by atoms with E-state index in [-0.39, 0.29) is 5.82 Å². The van der Waals surface area contributed by atoms with Crippen LogP contribution in [0.25, 0.3) is 0 Å². The summed E-state index contributed by atoms with van der Waals surface area (Å²) in [6, 6.07) is 4.44. The molecule has 0 spiro atoms. The molecule has 0 bridgehead atoms. The number of rotatable bonds is 3. The molecular weight excluding hydrogens is 325 g/mol. The van der Waals surface area contributed by atoms with Gasteiger partial charge in [0.05, 0.1) is 10.0 Å². The molecule has 0 unspecified atom stereocenters. The maximum absolute atomic E-state index is 13.2. The van der Waals surface area contributed by atoms with E-state index < -0.39 is 0 Å². The summed E-state index contributed by atoms with van der Waals surface area (Å²) in [5, 5.41) is 0. The monoisotopic (exact) mass is 337 g/mol. The lowest BCUT2D eigenvalue weighted by Gasteiger charge is -2.11. The first-order chi connectivity index (χ1) is 9.54. The molecule has 0 radical (unpaired) electrons. The number of anilines is 1. The normalized spacial score (nSPS) is 14.3. The molecule has 0 saturated heterocycles. The van der Waals surface area contributed by atoms with Gasteiger partial charge in [0.2, 0.25) is 5.88 Å². The van der Waals surface area contributed by atoms with Gasteiger partial charge in [0.1, 0.15) is 23.2 Å². The lowest BCUT2D eigenvalue weighted by atomic mass is 10.3. The number of hydrogen-bond donors (Lipinski definition) is 1. The minimum Gasteiger partial charge on any atom is -0.439 e. The molecule has 0 aliphatic heterocycles. The number of benzene rings is 1. The van der Waals surface area contributed by atoms with Gasteiger partial charge in [-0.25, -0.2) is 9.37 Å². The summed E-state index contributed by atoms with van der Waals surface area (Å²) < 4.78 is 19.3. The predicted octanol–water partition coefficient (Wildman–Crippen LogP) is 3.94. The molecule has 1 heterocycles. The van der Waals surface area contributed by atoms with E-state index in [1.54, 1.807) is 19.1 Å². The van der Waals surface area contributed by atoms with Crippen LogP contribution in [0.15, 0.2) is 22.7 Å². The summed E-state index contributed by atoms with van der Waals surface area (Å²) in [6.45, 7) is 1.81. The van der Waals surface area contributed by atoms with Crippen LogP contribution >= 0.6 is 15.9 Å². The van der Waals surface area contributed by atoms with Crippen LogP contribution in [-0.4, -0.2) is 9.97 Å². The lowest BCUT2D eigenvalue weighted by Crippen LogP contribution is -2.04. The zero-order valence-electron chi connectivity index (χ0n) is 10.9. The van der Waals surface area contributed by atoms with Crippen molar-refractivity contribution in [2.45, 2.75) is 25.7 Å². The van der Waals surface area contributed by atoms with Crippen LogP contribution in [0.3, 0.4) is 0 Å². The summed E-state index contributed by atoms with van der Waals surface area (Å²) in [7, 11) is 0. The smallest absolute Gasteiger partial charge is 0.227 e. The molecular formula is C14H13BrFN3O. The second kappa shape index (κ2) is 5.01. The summed E-state index contributed by atoms with van der Waals surface area (Å²) in [6.07, 6.45) is 2.17. The van der Waals surface area contributed by atoms with Crippen molar-refractivity contribution in [2.24, 2.45) is 0 Å². The van der Waals surface area contributed by atoms with E-state index in [9.17, 15) is 4.39 Å². The van der Waals surface area contributed by atoms with E-state index in [4.69, 9.17) is 10.5 Å². The largest absolute Gasteiger partial charge is 0.439 e. The Morgan fingerprint density at radius 3 is 2.75 bits per heavy atom. The molecule has 1 saturated carbocycles. The SMILES string of the molecule is Cc1c(N)nc(C2CC2)nc1Oc1ccc(F)c(Br)c1. The molecule has 1 fully saturated rings. The summed E-state index contributed by atoms with van der Waals surface area (Å²) in [5.74, 6) is 2.14. The highest BCUT2D eigenvalue weighted by atomic mass is 79.9. The van der Waals surface area contributed by atoms with E-state index in [2.05, 4.69) is 25.9 Å². The van der Waals surface area contributed by atoms with Gasteiger partial charge in [-0.05, 0) is 53.9 Å². The van der Waals surface area contributed by atoms with Crippen LogP contribution < -0.4 is 10.5 Å². The van der Waals surface area contributed by atoms with Gasteiger partial charge in [-0.2, -0.15) is 4.98 Å². The third-order valence-corrected chi connectivity index (χ3v) is 3.81. The Morgan fingerprint density at radius 2 is 2.10 bits per heavy atom. The van der Waals surface area contributed by atoms with Crippen LogP contribution in [0.2, 0.25) is 0 Å². The highest BCUT2D eigenvalue weighted by molar-refractivity contribution is 9.10. The van der Waals surface area contributed by atoms with Crippen molar-refractivity contribution in [1.82, 2.24) is 9.97 Å². The van der Waals surface area contributed by atoms with Gasteiger partial charge in [-0.15, -0.1) is 0 Å². The first-order valence-electron chi connectivity index (χ1n) is 6.31. The summed E-state index contributed by atoms with van der Waals surface area (Å²) in [4.78, 5) is 8.71. The molecule has 4 nitrogen and oxygen atoms in total. The maximum atomic E-state index is 13.2. The van der Waals surface area contributed by atoms with Gasteiger partial charge in [0, 0.05) is 5.92 Å². The van der Waals surface area contributed by atoms with E-state index in [1.807, 2.05) is 0 Å². The van der Waals surface area contributed by atoms with Gasteiger partial charge < -0.3 is 10.5 Å². The number of halogens is 2. The van der Waals surface area contributed by atoms with Crippen molar-refractivity contribution < 1.29 is 9.13 Å². The molecule has 1 aliphatic rings. The number of aromatic nitrogens is 2. The number of nitrogens with zero attached hydrogens (tertiary/aromatic N) is 2. The number of hydrogen-bond acceptors (Lipinski definition) is 4. The van der Waals surface area contributed by atoms with E-state index >= 15 is 0 Å². The van der Waals surface area contributed by atoms with E-state index in [0.717, 1.165) is 18.7 Å². The Kier molecular flexibility index (Phi) is 3.33. The molecule has 1 aromatic heterocycles. The molecule has 2 aromatic rings. The zero-order valence-corrected chi connectivity index (χ0v) is 12.4. The molecule has 104 valence electrons. The minimum atomic E-state index is -0.338. The second-order valence-electron chi connectivity index (χ2n) is 4.85. The van der Waals surface area contributed by atoms with Gasteiger partial charge in [0.15, 0.2) is 0 Å². The third kappa shape index (κ3) is 2.60. The van der Waals surface area contributed by atoms with Gasteiger partial charge >= 0.3 is 0 Å². The fraction of sp³-hybridized carbons (Fsp3) is 0.286. The highest BCUT2D eigenvalue weighted by Gasteiger charge is 2.28. The Hall–Kier alpha value is -1.69. The van der Waals surface area contributed by atoms with Crippen molar-refractivity contribution in [3.63, 3.8) is 0 Å². The van der Waals surface area contributed by atoms with Crippen molar-refractivity contribution in [2.75, 3.05) is 5.73 Å². The standard InChI is InChI=1S/C14H13BrFN3O/c1-7-12(17)18-13(8-2-3-8)19-14(7)20-9-4-5-11(16)10(15)6-9/h4-6,8H,2-3H2,1H3,(H2,17,18,19). The quantitative estimate of drug-likeness (QED) is 0.921. The van der Waals surface area contributed by atoms with Crippen molar-refractivity contribution >= 4 is 21.7 Å². The third-order valence-electron chi connectivity index (χ3n) is 3.20. The van der Waals surface area contributed by atoms with Gasteiger partial charge in [-0.1, -0.05) is 0 Å². The van der Waals surface area contributed by atoms with Gasteiger partial charge in [0.25, 0.3) is 0 Å². The predicted molar refractivity (Wildman–Crippen MR) is 77.3 cm³/mol.